The molecule has 3 heterocycles. The van der Waals surface area contributed by atoms with Crippen molar-refractivity contribution >= 4 is 63.1 Å². The molecule has 0 N–H and O–H groups in total. The zero-order valence-electron chi connectivity index (χ0n) is 50.4. The van der Waals surface area contributed by atoms with Gasteiger partial charge in [0.15, 0.2) is 0 Å². The van der Waals surface area contributed by atoms with E-state index in [1.807, 2.05) is 84.9 Å². The minimum absolute atomic E-state index is 0.144. The third-order valence-electron chi connectivity index (χ3n) is 16.8. The summed E-state index contributed by atoms with van der Waals surface area (Å²) in [6.07, 6.45) is 4.90. The SMILES string of the molecule is [2H]C([2H])([2H])c1cc2c3c(c1)N(c1ccc(C(C)(C)C)cc1-c1ccccc1)C(=C/Cc1cc(C#N)cc4c1N(c1ccccc1)c1ccccc1C4(C)C)/C(=C\C)B3c1ccc(-c3cc(C#N)ccc3N(c3ccccc3)c3ccccc3)cc1O2. The number of anilines is 8. The number of ether oxygens (including phenoxy) is 1. The van der Waals surface area contributed by atoms with E-state index >= 15 is 0 Å². The fourth-order valence-electron chi connectivity index (χ4n) is 12.8. The van der Waals surface area contributed by atoms with Gasteiger partial charge in [-0.15, -0.1) is 0 Å². The number of para-hydroxylation sites is 4. The summed E-state index contributed by atoms with van der Waals surface area (Å²) in [5.41, 5.74) is 19.6. The Kier molecular flexibility index (Phi) is 12.2. The minimum Gasteiger partial charge on any atom is -0.458 e. The smallest absolute Gasteiger partial charge is 0.255 e. The molecule has 10 aromatic rings. The second kappa shape index (κ2) is 20.8. The Morgan fingerprint density at radius 2 is 1.28 bits per heavy atom. The second-order valence-electron chi connectivity index (χ2n) is 23.2. The van der Waals surface area contributed by atoms with Gasteiger partial charge in [0.05, 0.1) is 46.0 Å². The number of aryl methyl sites for hydroxylation is 1. The Labute approximate surface area is 493 Å². The highest BCUT2D eigenvalue weighted by atomic mass is 16.5. The summed E-state index contributed by atoms with van der Waals surface area (Å²) in [7, 11) is 0. The van der Waals surface area contributed by atoms with Crippen LogP contribution < -0.4 is 30.4 Å². The lowest BCUT2D eigenvalue weighted by Gasteiger charge is -2.44. The molecule has 83 heavy (non-hydrogen) atoms. The first kappa shape index (κ1) is 48.8. The molecule has 6 nitrogen and oxygen atoms in total. The van der Waals surface area contributed by atoms with Crippen LogP contribution in [-0.2, 0) is 17.3 Å². The van der Waals surface area contributed by atoms with Crippen LogP contribution in [0.3, 0.4) is 0 Å². The van der Waals surface area contributed by atoms with Gasteiger partial charge in [0.2, 0.25) is 0 Å². The van der Waals surface area contributed by atoms with E-state index in [0.29, 0.717) is 34.7 Å². The highest BCUT2D eigenvalue weighted by Gasteiger charge is 2.45. The van der Waals surface area contributed by atoms with Gasteiger partial charge in [0.25, 0.3) is 6.71 Å². The predicted molar refractivity (Wildman–Crippen MR) is 344 cm³/mol. The van der Waals surface area contributed by atoms with Crippen LogP contribution in [0.5, 0.6) is 11.5 Å². The Morgan fingerprint density at radius 3 is 1.95 bits per heavy atom. The third kappa shape index (κ3) is 9.07. The summed E-state index contributed by atoms with van der Waals surface area (Å²) in [4.78, 5) is 6.82. The van der Waals surface area contributed by atoms with Crippen LogP contribution in [0, 0.1) is 29.5 Å². The molecule has 0 radical (unpaired) electrons. The summed E-state index contributed by atoms with van der Waals surface area (Å²) in [6.45, 7) is 10.3. The molecule has 13 rings (SSSR count). The fraction of sp³-hybridized carbons (Fsp3) is 0.132. The zero-order chi connectivity index (χ0) is 59.6. The summed E-state index contributed by atoms with van der Waals surface area (Å²) in [6, 6.07) is 81.2. The molecular weight excluding hydrogens is 1010 g/mol. The van der Waals surface area contributed by atoms with Crippen LogP contribution in [0.1, 0.15) is 84.6 Å². The molecule has 0 fully saturated rings. The van der Waals surface area contributed by atoms with Gasteiger partial charge < -0.3 is 19.4 Å². The molecule has 400 valence electrons. The summed E-state index contributed by atoms with van der Waals surface area (Å²) < 4.78 is 34.5. The highest BCUT2D eigenvalue weighted by molar-refractivity contribution is 6.94. The lowest BCUT2D eigenvalue weighted by atomic mass is 9.33. The lowest BCUT2D eigenvalue weighted by Crippen LogP contribution is -2.54. The Morgan fingerprint density at radius 1 is 0.602 bits per heavy atom. The largest absolute Gasteiger partial charge is 0.458 e. The van der Waals surface area contributed by atoms with Crippen LogP contribution in [-0.4, -0.2) is 6.71 Å². The van der Waals surface area contributed by atoms with Crippen LogP contribution in [0.2, 0.25) is 0 Å². The minimum atomic E-state index is -2.52. The van der Waals surface area contributed by atoms with Gasteiger partial charge in [-0.1, -0.05) is 168 Å². The maximum Gasteiger partial charge on any atom is 0.255 e. The summed E-state index contributed by atoms with van der Waals surface area (Å²) in [5, 5.41) is 21.3. The number of rotatable bonds is 9. The maximum atomic E-state index is 10.9. The first-order chi connectivity index (χ1) is 41.5. The van der Waals surface area contributed by atoms with E-state index in [2.05, 4.69) is 214 Å². The Hall–Kier alpha value is -10.1. The number of allylic oxidation sites excluding steroid dienone is 3. The van der Waals surface area contributed by atoms with Gasteiger partial charge in [-0.3, -0.25) is 0 Å². The van der Waals surface area contributed by atoms with Crippen molar-refractivity contribution in [2.24, 2.45) is 0 Å². The normalized spacial score (nSPS) is 15.3. The Balaban J connectivity index is 1.07. The quantitative estimate of drug-likeness (QED) is 0.134. The van der Waals surface area contributed by atoms with Gasteiger partial charge >= 0.3 is 0 Å². The molecule has 0 atom stereocenters. The number of nitrogens with zero attached hydrogens (tertiary/aromatic N) is 5. The van der Waals surface area contributed by atoms with Gasteiger partial charge in [-0.2, -0.15) is 10.5 Å². The van der Waals surface area contributed by atoms with E-state index in [1.165, 1.54) is 0 Å². The maximum absolute atomic E-state index is 10.9. The number of hydrogen-bond acceptors (Lipinski definition) is 6. The lowest BCUT2D eigenvalue weighted by molar-refractivity contribution is 0.487. The van der Waals surface area contributed by atoms with E-state index in [1.54, 1.807) is 6.07 Å². The van der Waals surface area contributed by atoms with Gasteiger partial charge in [-0.25, -0.2) is 0 Å². The zero-order valence-corrected chi connectivity index (χ0v) is 47.4. The molecular formula is C76H62BN5O. The number of nitriles is 2. The van der Waals surface area contributed by atoms with Crippen LogP contribution in [0.15, 0.2) is 248 Å². The highest BCUT2D eigenvalue weighted by Crippen LogP contribution is 2.55. The first-order valence-corrected chi connectivity index (χ1v) is 28.4. The first-order valence-electron chi connectivity index (χ1n) is 29.9. The molecule has 10 aromatic carbocycles. The van der Waals surface area contributed by atoms with Crippen LogP contribution in [0.4, 0.5) is 45.5 Å². The van der Waals surface area contributed by atoms with E-state index < -0.39 is 19.0 Å². The molecule has 0 aromatic heterocycles. The van der Waals surface area contributed by atoms with Crippen molar-refractivity contribution in [3.05, 3.63) is 287 Å². The van der Waals surface area contributed by atoms with Crippen LogP contribution in [0.25, 0.3) is 22.3 Å². The molecule has 0 saturated heterocycles. The average Bonchev–Trinajstić information content (AvgIpc) is 0.915. The summed E-state index contributed by atoms with van der Waals surface area (Å²) >= 11 is 0. The van der Waals surface area contributed by atoms with Crippen molar-refractivity contribution in [3.8, 4) is 45.9 Å². The molecule has 0 amide bonds. The number of benzene rings is 10. The molecule has 0 unspecified atom stereocenters. The van der Waals surface area contributed by atoms with Crippen molar-refractivity contribution in [1.82, 2.24) is 0 Å². The Bertz CT molecular complexity index is 4420. The topological polar surface area (TPSA) is 66.5 Å². The van der Waals surface area contributed by atoms with E-state index in [-0.39, 0.29) is 11.0 Å². The second-order valence-corrected chi connectivity index (χ2v) is 23.2. The fourth-order valence-corrected chi connectivity index (χ4v) is 12.8. The van der Waals surface area contributed by atoms with E-state index in [0.717, 1.165) is 106 Å². The van der Waals surface area contributed by atoms with E-state index in [4.69, 9.17) is 8.85 Å². The molecule has 3 aliphatic rings. The van der Waals surface area contributed by atoms with Crippen LogP contribution >= 0.6 is 0 Å². The molecule has 0 saturated carbocycles. The van der Waals surface area contributed by atoms with Crippen molar-refractivity contribution in [1.29, 1.82) is 10.5 Å². The monoisotopic (exact) mass is 1070 g/mol. The standard InChI is InChI=1S/C76H62BN5O/c1-8-64-69(39-35-55-43-52(49-79)45-63-74(55)81(59-29-19-12-20-30-59)68-32-22-21-31-62(68)76(63,6)7)82(67-40-36-56(75(3,4)5)47-61(67)53-23-13-9-14-24-53)70-41-50(2)42-72-73(70)77(64)65-37-34-54(46-71(65)83-72)60-44-51(48-78)33-38-66(60)80(57-25-15-10-16-26-57)58-27-17-11-18-28-58/h8-34,36-47H,35H2,1-7H3/b64-8+,69-39+/i2D3. The molecule has 0 spiro atoms. The van der Waals surface area contributed by atoms with E-state index in [9.17, 15) is 10.5 Å². The van der Waals surface area contributed by atoms with Crippen molar-refractivity contribution in [2.45, 2.75) is 65.6 Å². The third-order valence-corrected chi connectivity index (χ3v) is 16.8. The van der Waals surface area contributed by atoms with Crippen molar-refractivity contribution < 1.29 is 8.85 Å². The molecule has 3 aliphatic heterocycles. The van der Waals surface area contributed by atoms with Crippen molar-refractivity contribution in [3.63, 3.8) is 0 Å². The van der Waals surface area contributed by atoms with Gasteiger partial charge in [-0.05, 0) is 184 Å². The molecule has 7 heteroatoms. The number of hydrogen-bond donors (Lipinski definition) is 0. The average molecular weight is 1080 g/mol. The summed E-state index contributed by atoms with van der Waals surface area (Å²) in [5.74, 6) is 1.03. The molecule has 0 aliphatic carbocycles. The molecule has 0 bridgehead atoms. The predicted octanol–water partition coefficient (Wildman–Crippen LogP) is 18.4. The van der Waals surface area contributed by atoms with Gasteiger partial charge in [0, 0.05) is 49.1 Å². The number of fused-ring (bicyclic) bond motifs is 4. The van der Waals surface area contributed by atoms with Gasteiger partial charge in [0.1, 0.15) is 11.5 Å². The van der Waals surface area contributed by atoms with Crippen molar-refractivity contribution in [2.75, 3.05) is 14.7 Å².